The maximum absolute atomic E-state index is 9.52. The van der Waals surface area contributed by atoms with Crippen LogP contribution in [0.4, 0.5) is 0 Å². The molecular weight excluding hydrogens is 697 g/mol. The summed E-state index contributed by atoms with van der Waals surface area (Å²) in [5, 5.41) is 18.6. The van der Waals surface area contributed by atoms with Crippen molar-refractivity contribution in [3.63, 3.8) is 0 Å². The Balaban J connectivity index is 0.000000298. The van der Waals surface area contributed by atoms with E-state index in [4.69, 9.17) is 5.11 Å². The van der Waals surface area contributed by atoms with Crippen molar-refractivity contribution in [3.05, 3.63) is 158 Å². The molecule has 1 radical (unpaired) electrons. The Hall–Kier alpha value is -3.73. The van der Waals surface area contributed by atoms with Crippen LogP contribution in [0, 0.1) is 12.1 Å². The van der Waals surface area contributed by atoms with Crippen LogP contribution in [-0.2, 0) is 26.5 Å². The maximum atomic E-state index is 9.52. The summed E-state index contributed by atoms with van der Waals surface area (Å²) in [4.78, 5) is 8.44. The third kappa shape index (κ3) is 15.9. The molecule has 0 saturated carbocycles. The van der Waals surface area contributed by atoms with Gasteiger partial charge in [-0.3, -0.25) is 0 Å². The molecule has 0 spiro atoms. The van der Waals surface area contributed by atoms with E-state index in [-0.39, 0.29) is 20.1 Å². The SMILES string of the molecule is C=CC.CC(O)CC(O)CCc1ccccc1.[Ir].[c-]1ccccc1-c1ccccn1.[c-]1ccccc1-c1ccccn1. The molecule has 0 aliphatic rings. The van der Waals surface area contributed by atoms with Gasteiger partial charge in [0.1, 0.15) is 0 Å². The van der Waals surface area contributed by atoms with Gasteiger partial charge in [-0.15, -0.1) is 78.4 Å². The Kier molecular flexibility index (Phi) is 19.8. The number of aromatic nitrogens is 2. The second-order valence-corrected chi connectivity index (χ2v) is 9.15. The number of pyridine rings is 2. The van der Waals surface area contributed by atoms with Crippen LogP contribution in [0.3, 0.4) is 0 Å². The zero-order chi connectivity index (χ0) is 29.5. The van der Waals surface area contributed by atoms with Gasteiger partial charge in [0.2, 0.25) is 0 Å². The largest absolute Gasteiger partial charge is 0.393 e. The van der Waals surface area contributed by atoms with Crippen molar-refractivity contribution in [1.29, 1.82) is 0 Å². The van der Waals surface area contributed by atoms with Gasteiger partial charge in [0, 0.05) is 32.5 Å². The van der Waals surface area contributed by atoms with Gasteiger partial charge in [-0.25, -0.2) is 0 Å². The smallest absolute Gasteiger partial charge is 0.0567 e. The summed E-state index contributed by atoms with van der Waals surface area (Å²) in [6, 6.07) is 43.7. The Morgan fingerprint density at radius 3 is 1.55 bits per heavy atom. The molecule has 5 aromatic rings. The molecule has 2 aromatic heterocycles. The Labute approximate surface area is 265 Å². The molecule has 2 unspecified atom stereocenters. The quantitative estimate of drug-likeness (QED) is 0.131. The monoisotopic (exact) mass is 737 g/mol. The molecule has 0 saturated heterocycles. The van der Waals surface area contributed by atoms with Crippen molar-refractivity contribution in [3.8, 4) is 22.5 Å². The summed E-state index contributed by atoms with van der Waals surface area (Å²) in [5.74, 6) is 0. The second kappa shape index (κ2) is 22.9. The molecular formula is C37H40IrN2O2-2. The van der Waals surface area contributed by atoms with Gasteiger partial charge in [-0.2, -0.15) is 0 Å². The molecule has 42 heavy (non-hydrogen) atoms. The maximum Gasteiger partial charge on any atom is 0.0567 e. The van der Waals surface area contributed by atoms with E-state index in [0.717, 1.165) is 35.4 Å². The topological polar surface area (TPSA) is 66.2 Å². The molecule has 0 amide bonds. The summed E-state index contributed by atoms with van der Waals surface area (Å²) in [6.45, 7) is 6.95. The van der Waals surface area contributed by atoms with Gasteiger partial charge >= 0.3 is 0 Å². The zero-order valence-electron chi connectivity index (χ0n) is 24.3. The van der Waals surface area contributed by atoms with Crippen molar-refractivity contribution >= 4 is 0 Å². The van der Waals surface area contributed by atoms with Crippen LogP contribution in [0.15, 0.2) is 140 Å². The summed E-state index contributed by atoms with van der Waals surface area (Å²) < 4.78 is 0. The van der Waals surface area contributed by atoms with E-state index in [1.54, 1.807) is 25.4 Å². The number of nitrogens with zero attached hydrogens (tertiary/aromatic N) is 2. The third-order valence-corrected chi connectivity index (χ3v) is 5.52. The normalized spacial score (nSPS) is 10.9. The van der Waals surface area contributed by atoms with E-state index in [1.165, 1.54) is 5.56 Å². The first-order valence-electron chi connectivity index (χ1n) is 13.8. The van der Waals surface area contributed by atoms with E-state index < -0.39 is 12.2 Å². The molecule has 5 heteroatoms. The molecule has 2 N–H and O–H groups in total. The molecule has 221 valence electrons. The molecule has 2 heterocycles. The predicted molar refractivity (Wildman–Crippen MR) is 170 cm³/mol. The molecule has 3 aromatic carbocycles. The minimum atomic E-state index is -0.416. The van der Waals surface area contributed by atoms with Crippen LogP contribution < -0.4 is 0 Å². The number of rotatable bonds is 7. The van der Waals surface area contributed by atoms with Crippen LogP contribution in [0.1, 0.15) is 32.3 Å². The van der Waals surface area contributed by atoms with Crippen molar-refractivity contribution in [2.75, 3.05) is 0 Å². The van der Waals surface area contributed by atoms with E-state index in [9.17, 15) is 5.11 Å². The van der Waals surface area contributed by atoms with E-state index in [0.29, 0.717) is 6.42 Å². The minimum absolute atomic E-state index is 0. The number of allylic oxidation sites excluding steroid dienone is 1. The van der Waals surface area contributed by atoms with Gasteiger partial charge in [-0.05, 0) is 62.2 Å². The Morgan fingerprint density at radius 1 is 0.714 bits per heavy atom. The van der Waals surface area contributed by atoms with Crippen LogP contribution in [0.5, 0.6) is 0 Å². The Morgan fingerprint density at radius 2 is 1.17 bits per heavy atom. The number of aliphatic hydroxyl groups excluding tert-OH is 2. The van der Waals surface area contributed by atoms with Crippen LogP contribution in [-0.4, -0.2) is 32.4 Å². The molecule has 5 rings (SSSR count). The van der Waals surface area contributed by atoms with Crippen molar-refractivity contribution in [1.82, 2.24) is 9.97 Å². The molecule has 0 bridgehead atoms. The van der Waals surface area contributed by atoms with Gasteiger partial charge in [0.05, 0.1) is 12.2 Å². The summed E-state index contributed by atoms with van der Waals surface area (Å²) in [5.41, 5.74) is 5.25. The van der Waals surface area contributed by atoms with Crippen molar-refractivity contribution in [2.24, 2.45) is 0 Å². The second-order valence-electron chi connectivity index (χ2n) is 9.15. The summed E-state index contributed by atoms with van der Waals surface area (Å²) >= 11 is 0. The Bertz CT molecular complexity index is 1150. The first-order chi connectivity index (χ1) is 20.0. The number of hydrogen-bond acceptors (Lipinski definition) is 4. The summed E-state index contributed by atoms with van der Waals surface area (Å²) in [7, 11) is 0. The number of benzene rings is 3. The number of aryl methyl sites for hydroxylation is 1. The standard InChI is InChI=1S/C12H18O2.2C11H8N.C3H6.Ir/c1-10(13)9-12(14)8-7-11-5-3-2-4-6-11;2*1-2-6-10(7-3-1)11-8-4-5-9-12-11;1-3-2;/h2-6,10,12-14H,7-9H2,1H3;2*1-6,8-9H;3H,1H2,2H3;/q;2*-1;;. The minimum Gasteiger partial charge on any atom is -0.393 e. The number of hydrogen-bond donors (Lipinski definition) is 2. The van der Waals surface area contributed by atoms with E-state index in [1.807, 2.05) is 110 Å². The van der Waals surface area contributed by atoms with E-state index in [2.05, 4.69) is 40.8 Å². The van der Waals surface area contributed by atoms with Gasteiger partial charge in [0.15, 0.2) is 0 Å². The van der Waals surface area contributed by atoms with Gasteiger partial charge in [0.25, 0.3) is 0 Å². The van der Waals surface area contributed by atoms with Crippen molar-refractivity contribution in [2.45, 2.75) is 45.3 Å². The zero-order valence-corrected chi connectivity index (χ0v) is 26.7. The average molecular weight is 737 g/mol. The van der Waals surface area contributed by atoms with Gasteiger partial charge in [-0.1, -0.05) is 60.7 Å². The molecule has 0 fully saturated rings. The van der Waals surface area contributed by atoms with Crippen LogP contribution in [0.25, 0.3) is 22.5 Å². The van der Waals surface area contributed by atoms with Crippen LogP contribution >= 0.6 is 0 Å². The number of aliphatic hydroxyl groups is 2. The molecule has 0 aliphatic carbocycles. The van der Waals surface area contributed by atoms with Crippen molar-refractivity contribution < 1.29 is 30.3 Å². The van der Waals surface area contributed by atoms with Crippen LogP contribution in [0.2, 0.25) is 0 Å². The molecule has 0 aliphatic heterocycles. The van der Waals surface area contributed by atoms with Gasteiger partial charge < -0.3 is 20.2 Å². The molecule has 2 atom stereocenters. The fourth-order valence-electron chi connectivity index (χ4n) is 3.64. The fraction of sp³-hybridized carbons (Fsp3) is 0.189. The fourth-order valence-corrected chi connectivity index (χ4v) is 3.64. The molecule has 4 nitrogen and oxygen atoms in total. The summed E-state index contributed by atoms with van der Waals surface area (Å²) in [6.07, 6.45) is 6.57. The first kappa shape index (κ1) is 36.3. The predicted octanol–water partition coefficient (Wildman–Crippen LogP) is 8.04. The third-order valence-electron chi connectivity index (χ3n) is 5.52. The first-order valence-corrected chi connectivity index (χ1v) is 13.8. The van der Waals surface area contributed by atoms with E-state index >= 15 is 0 Å². The average Bonchev–Trinajstić information content (AvgIpc) is 3.03.